The minimum atomic E-state index is -0.0585. The molecule has 0 fully saturated rings. The lowest BCUT2D eigenvalue weighted by Crippen LogP contribution is -2.40. The number of nitrogens with zero attached hydrogens (tertiary/aromatic N) is 2. The quantitative estimate of drug-likeness (QED) is 0.888. The fourth-order valence-electron chi connectivity index (χ4n) is 3.56. The Hall–Kier alpha value is -2.14. The van der Waals surface area contributed by atoms with Crippen LogP contribution in [0.15, 0.2) is 47.6 Å². The van der Waals surface area contributed by atoms with Crippen molar-refractivity contribution in [3.8, 4) is 11.5 Å². The molecule has 2 heterocycles. The van der Waals surface area contributed by atoms with Crippen LogP contribution >= 0.6 is 11.8 Å². The zero-order valence-corrected chi connectivity index (χ0v) is 15.3. The SMILES string of the molecule is CSCCC1Oc2ccccc2C2CC(c3cc(C)ccc3O)=NN12. The number of phenolic OH excluding ortho intramolecular Hbond substituents is 1. The highest BCUT2D eigenvalue weighted by Crippen LogP contribution is 2.44. The van der Waals surface area contributed by atoms with Gasteiger partial charge in [0.1, 0.15) is 11.5 Å². The van der Waals surface area contributed by atoms with Crippen LogP contribution in [0, 0.1) is 6.92 Å². The molecular weight excluding hydrogens is 332 g/mol. The van der Waals surface area contributed by atoms with Crippen LogP contribution in [0.5, 0.6) is 11.5 Å². The minimum absolute atomic E-state index is 0.0585. The number of thioether (sulfide) groups is 1. The summed E-state index contributed by atoms with van der Waals surface area (Å²) in [6.45, 7) is 2.03. The summed E-state index contributed by atoms with van der Waals surface area (Å²) in [5, 5.41) is 17.3. The standard InChI is InChI=1S/C20H22N2O2S/c1-13-7-8-18(23)15(11-13)16-12-17-14-5-3-4-6-19(14)24-20(9-10-25-2)22(17)21-16/h3-8,11,17,20,23H,9-10,12H2,1-2H3. The van der Waals surface area contributed by atoms with Gasteiger partial charge in [0, 0.05) is 24.0 Å². The van der Waals surface area contributed by atoms with Crippen LogP contribution in [0.2, 0.25) is 0 Å². The number of benzene rings is 2. The number of hydrogen-bond acceptors (Lipinski definition) is 5. The molecule has 0 amide bonds. The highest BCUT2D eigenvalue weighted by atomic mass is 32.2. The molecule has 25 heavy (non-hydrogen) atoms. The highest BCUT2D eigenvalue weighted by molar-refractivity contribution is 7.98. The lowest BCUT2D eigenvalue weighted by Gasteiger charge is -2.38. The van der Waals surface area contributed by atoms with Crippen LogP contribution in [0.4, 0.5) is 0 Å². The van der Waals surface area contributed by atoms with Gasteiger partial charge in [0.25, 0.3) is 0 Å². The second-order valence-electron chi connectivity index (χ2n) is 6.56. The van der Waals surface area contributed by atoms with Crippen molar-refractivity contribution in [3.63, 3.8) is 0 Å². The molecule has 130 valence electrons. The molecule has 0 aliphatic carbocycles. The summed E-state index contributed by atoms with van der Waals surface area (Å²) in [6.07, 6.45) is 3.75. The Bertz CT molecular complexity index is 821. The predicted octanol–water partition coefficient (Wildman–Crippen LogP) is 4.32. The summed E-state index contributed by atoms with van der Waals surface area (Å²) < 4.78 is 6.23. The molecule has 0 spiro atoms. The number of fused-ring (bicyclic) bond motifs is 3. The van der Waals surface area contributed by atoms with Crippen LogP contribution in [0.25, 0.3) is 0 Å². The lowest BCUT2D eigenvalue weighted by atomic mass is 9.95. The van der Waals surface area contributed by atoms with Gasteiger partial charge in [0.05, 0.1) is 11.8 Å². The second kappa shape index (κ2) is 6.64. The van der Waals surface area contributed by atoms with E-state index in [-0.39, 0.29) is 12.3 Å². The van der Waals surface area contributed by atoms with E-state index in [0.29, 0.717) is 5.75 Å². The number of aromatic hydroxyl groups is 1. The summed E-state index contributed by atoms with van der Waals surface area (Å²) >= 11 is 1.82. The third kappa shape index (κ3) is 2.97. The van der Waals surface area contributed by atoms with E-state index in [0.717, 1.165) is 41.2 Å². The molecule has 2 aliphatic heterocycles. The van der Waals surface area contributed by atoms with Crippen LogP contribution in [-0.2, 0) is 0 Å². The van der Waals surface area contributed by atoms with Crippen molar-refractivity contribution in [3.05, 3.63) is 59.2 Å². The average Bonchev–Trinajstić information content (AvgIpc) is 3.07. The van der Waals surface area contributed by atoms with E-state index in [1.54, 1.807) is 6.07 Å². The molecule has 0 aromatic heterocycles. The van der Waals surface area contributed by atoms with Gasteiger partial charge in [-0.05, 0) is 37.1 Å². The summed E-state index contributed by atoms with van der Waals surface area (Å²) in [5.41, 5.74) is 4.06. The number of ether oxygens (including phenoxy) is 1. The van der Waals surface area contributed by atoms with Crippen molar-refractivity contribution < 1.29 is 9.84 Å². The first-order valence-corrected chi connectivity index (χ1v) is 9.97. The first-order valence-electron chi connectivity index (χ1n) is 8.57. The molecular formula is C20H22N2O2S. The maximum absolute atomic E-state index is 10.3. The largest absolute Gasteiger partial charge is 0.507 e. The Balaban J connectivity index is 1.72. The van der Waals surface area contributed by atoms with Gasteiger partial charge in [-0.1, -0.05) is 29.8 Å². The molecule has 2 aromatic carbocycles. The molecule has 0 saturated carbocycles. The van der Waals surface area contributed by atoms with E-state index in [1.165, 1.54) is 5.56 Å². The van der Waals surface area contributed by atoms with Gasteiger partial charge >= 0.3 is 0 Å². The molecule has 4 rings (SSSR count). The summed E-state index contributed by atoms with van der Waals surface area (Å²) in [7, 11) is 0. The topological polar surface area (TPSA) is 45.1 Å². The normalized spacial score (nSPS) is 21.4. The Morgan fingerprint density at radius 1 is 1.28 bits per heavy atom. The van der Waals surface area contributed by atoms with Crippen molar-refractivity contribution in [2.75, 3.05) is 12.0 Å². The summed E-state index contributed by atoms with van der Waals surface area (Å²) in [4.78, 5) is 0. The van der Waals surface area contributed by atoms with Gasteiger partial charge in [-0.25, -0.2) is 0 Å². The minimum Gasteiger partial charge on any atom is -0.507 e. The second-order valence-corrected chi connectivity index (χ2v) is 7.54. The Morgan fingerprint density at radius 3 is 2.96 bits per heavy atom. The molecule has 0 bridgehead atoms. The molecule has 0 saturated heterocycles. The Kier molecular flexibility index (Phi) is 4.34. The van der Waals surface area contributed by atoms with Crippen molar-refractivity contribution in [2.45, 2.75) is 32.0 Å². The number of aryl methyl sites for hydroxylation is 1. The zero-order valence-electron chi connectivity index (χ0n) is 14.5. The van der Waals surface area contributed by atoms with Crippen LogP contribution in [0.3, 0.4) is 0 Å². The molecule has 1 N–H and O–H groups in total. The predicted molar refractivity (Wildman–Crippen MR) is 102 cm³/mol. The van der Waals surface area contributed by atoms with Gasteiger partial charge < -0.3 is 9.84 Å². The molecule has 2 aliphatic rings. The molecule has 2 atom stereocenters. The smallest absolute Gasteiger partial charge is 0.188 e. The van der Waals surface area contributed by atoms with Gasteiger partial charge in [0.15, 0.2) is 6.23 Å². The fourth-order valence-corrected chi connectivity index (χ4v) is 4.00. The van der Waals surface area contributed by atoms with Crippen LogP contribution < -0.4 is 4.74 Å². The zero-order chi connectivity index (χ0) is 17.4. The Morgan fingerprint density at radius 2 is 2.12 bits per heavy atom. The maximum Gasteiger partial charge on any atom is 0.188 e. The number of phenols is 1. The number of para-hydroxylation sites is 1. The first-order chi connectivity index (χ1) is 12.2. The molecule has 0 radical (unpaired) electrons. The monoisotopic (exact) mass is 354 g/mol. The average molecular weight is 354 g/mol. The van der Waals surface area contributed by atoms with Gasteiger partial charge in [-0.2, -0.15) is 16.9 Å². The lowest BCUT2D eigenvalue weighted by molar-refractivity contribution is -0.0180. The van der Waals surface area contributed by atoms with Gasteiger partial charge in [0.2, 0.25) is 0 Å². The van der Waals surface area contributed by atoms with Gasteiger partial charge in [-0.15, -0.1) is 0 Å². The maximum atomic E-state index is 10.3. The third-order valence-electron chi connectivity index (χ3n) is 4.81. The van der Waals surface area contributed by atoms with Crippen molar-refractivity contribution in [1.82, 2.24) is 5.01 Å². The summed E-state index contributed by atoms with van der Waals surface area (Å²) in [5.74, 6) is 2.27. The van der Waals surface area contributed by atoms with E-state index in [1.807, 2.05) is 49.0 Å². The first kappa shape index (κ1) is 16.3. The highest BCUT2D eigenvalue weighted by Gasteiger charge is 2.40. The Labute approximate surface area is 152 Å². The van der Waals surface area contributed by atoms with E-state index in [2.05, 4.69) is 17.3 Å². The number of hydrazone groups is 1. The van der Waals surface area contributed by atoms with Gasteiger partial charge in [-0.3, -0.25) is 5.01 Å². The van der Waals surface area contributed by atoms with E-state index >= 15 is 0 Å². The van der Waals surface area contributed by atoms with Crippen molar-refractivity contribution >= 4 is 17.5 Å². The van der Waals surface area contributed by atoms with E-state index in [9.17, 15) is 5.11 Å². The van der Waals surface area contributed by atoms with Crippen molar-refractivity contribution in [2.24, 2.45) is 5.10 Å². The number of rotatable bonds is 4. The fraction of sp³-hybridized carbons (Fsp3) is 0.350. The van der Waals surface area contributed by atoms with Crippen LogP contribution in [0.1, 0.15) is 35.6 Å². The van der Waals surface area contributed by atoms with Crippen molar-refractivity contribution in [1.29, 1.82) is 0 Å². The molecule has 2 aromatic rings. The number of hydrogen-bond donors (Lipinski definition) is 1. The third-order valence-corrected chi connectivity index (χ3v) is 5.45. The van der Waals surface area contributed by atoms with Crippen LogP contribution in [-0.4, -0.2) is 34.1 Å². The molecule has 5 heteroatoms. The summed E-state index contributed by atoms with van der Waals surface area (Å²) in [6, 6.07) is 14.1. The molecule has 2 unspecified atom stereocenters. The van der Waals surface area contributed by atoms with E-state index < -0.39 is 0 Å². The van der Waals surface area contributed by atoms with E-state index in [4.69, 9.17) is 9.84 Å². The molecule has 4 nitrogen and oxygen atoms in total.